The van der Waals surface area contributed by atoms with Crippen molar-refractivity contribution in [2.75, 3.05) is 6.54 Å². The van der Waals surface area contributed by atoms with Gasteiger partial charge in [-0.25, -0.2) is 0 Å². The minimum Gasteiger partial charge on any atom is -0.298 e. The second kappa shape index (κ2) is 6.61. The Morgan fingerprint density at radius 2 is 1.82 bits per heavy atom. The molecule has 0 fully saturated rings. The number of hydrogen-bond acceptors (Lipinski definition) is 1. The Kier molecular flexibility index (Phi) is 5.43. The normalized spacial score (nSPS) is 11.5. The van der Waals surface area contributed by atoms with Crippen LogP contribution in [-0.4, -0.2) is 23.5 Å². The molecule has 0 N–H and O–H groups in total. The van der Waals surface area contributed by atoms with Crippen molar-refractivity contribution in [1.29, 1.82) is 0 Å². The molecule has 0 heterocycles. The molecule has 1 heteroatoms. The van der Waals surface area contributed by atoms with Gasteiger partial charge in [0, 0.05) is 18.6 Å². The SMILES string of the molecule is C=Cc1cccc(CCN(C(C)C)C(C)C)c1. The smallest absolute Gasteiger partial charge is 0.00414 e. The van der Waals surface area contributed by atoms with Crippen molar-refractivity contribution in [3.8, 4) is 0 Å². The van der Waals surface area contributed by atoms with Gasteiger partial charge in [-0.05, 0) is 45.2 Å². The van der Waals surface area contributed by atoms with Gasteiger partial charge in [0.15, 0.2) is 0 Å². The van der Waals surface area contributed by atoms with Crippen molar-refractivity contribution in [2.45, 2.75) is 46.2 Å². The Labute approximate surface area is 106 Å². The lowest BCUT2D eigenvalue weighted by molar-refractivity contribution is 0.177. The molecule has 1 aromatic rings. The van der Waals surface area contributed by atoms with E-state index in [9.17, 15) is 0 Å². The van der Waals surface area contributed by atoms with Crippen LogP contribution in [0.4, 0.5) is 0 Å². The molecule has 0 aliphatic carbocycles. The third-order valence-corrected chi connectivity index (χ3v) is 3.17. The van der Waals surface area contributed by atoms with E-state index < -0.39 is 0 Å². The van der Waals surface area contributed by atoms with Gasteiger partial charge >= 0.3 is 0 Å². The number of benzene rings is 1. The van der Waals surface area contributed by atoms with E-state index in [1.165, 1.54) is 11.1 Å². The van der Waals surface area contributed by atoms with E-state index in [0.29, 0.717) is 12.1 Å². The van der Waals surface area contributed by atoms with Gasteiger partial charge in [0.05, 0.1) is 0 Å². The van der Waals surface area contributed by atoms with Crippen LogP contribution >= 0.6 is 0 Å². The molecule has 0 aliphatic heterocycles. The van der Waals surface area contributed by atoms with E-state index >= 15 is 0 Å². The van der Waals surface area contributed by atoms with E-state index in [4.69, 9.17) is 0 Å². The van der Waals surface area contributed by atoms with Crippen molar-refractivity contribution in [1.82, 2.24) is 4.90 Å². The first-order valence-electron chi connectivity index (χ1n) is 6.51. The first-order chi connectivity index (χ1) is 8.04. The molecule has 1 nitrogen and oxygen atoms in total. The molecular weight excluding hydrogens is 206 g/mol. The van der Waals surface area contributed by atoms with Crippen LogP contribution < -0.4 is 0 Å². The fraction of sp³-hybridized carbons (Fsp3) is 0.500. The fourth-order valence-corrected chi connectivity index (χ4v) is 2.25. The molecule has 0 saturated heterocycles. The van der Waals surface area contributed by atoms with Gasteiger partial charge in [0.25, 0.3) is 0 Å². The first kappa shape index (κ1) is 14.0. The van der Waals surface area contributed by atoms with Gasteiger partial charge < -0.3 is 0 Å². The van der Waals surface area contributed by atoms with E-state index in [1.807, 2.05) is 6.08 Å². The maximum absolute atomic E-state index is 3.81. The molecular formula is C16H25N. The zero-order chi connectivity index (χ0) is 12.8. The lowest BCUT2D eigenvalue weighted by Crippen LogP contribution is -2.38. The van der Waals surface area contributed by atoms with Crippen LogP contribution in [0.2, 0.25) is 0 Å². The molecule has 0 spiro atoms. The van der Waals surface area contributed by atoms with Crippen molar-refractivity contribution >= 4 is 6.08 Å². The highest BCUT2D eigenvalue weighted by atomic mass is 15.2. The van der Waals surface area contributed by atoms with Gasteiger partial charge in [-0.15, -0.1) is 0 Å². The van der Waals surface area contributed by atoms with Gasteiger partial charge in [0.1, 0.15) is 0 Å². The predicted octanol–water partition coefficient (Wildman–Crippen LogP) is 3.99. The standard InChI is InChI=1S/C16H25N/c1-6-15-8-7-9-16(12-15)10-11-17(13(2)3)14(4)5/h6-9,12-14H,1,10-11H2,2-5H3. The summed E-state index contributed by atoms with van der Waals surface area (Å²) < 4.78 is 0. The molecule has 0 bridgehead atoms. The molecule has 1 aromatic carbocycles. The van der Waals surface area contributed by atoms with Crippen LogP contribution in [0, 0.1) is 0 Å². The van der Waals surface area contributed by atoms with Crippen molar-refractivity contribution in [3.63, 3.8) is 0 Å². The van der Waals surface area contributed by atoms with Gasteiger partial charge in [-0.1, -0.05) is 36.9 Å². The van der Waals surface area contributed by atoms with Gasteiger partial charge in [0.2, 0.25) is 0 Å². The van der Waals surface area contributed by atoms with Crippen LogP contribution in [0.1, 0.15) is 38.8 Å². The zero-order valence-corrected chi connectivity index (χ0v) is 11.6. The van der Waals surface area contributed by atoms with Crippen molar-refractivity contribution < 1.29 is 0 Å². The topological polar surface area (TPSA) is 3.24 Å². The maximum atomic E-state index is 3.81. The van der Waals surface area contributed by atoms with Crippen LogP contribution in [0.3, 0.4) is 0 Å². The minimum absolute atomic E-state index is 0.609. The van der Waals surface area contributed by atoms with E-state index in [-0.39, 0.29) is 0 Å². The lowest BCUT2D eigenvalue weighted by atomic mass is 10.1. The summed E-state index contributed by atoms with van der Waals surface area (Å²) in [7, 11) is 0. The molecule has 0 amide bonds. The van der Waals surface area contributed by atoms with Crippen LogP contribution in [-0.2, 0) is 6.42 Å². The first-order valence-corrected chi connectivity index (χ1v) is 6.51. The summed E-state index contributed by atoms with van der Waals surface area (Å²) in [5.74, 6) is 0. The van der Waals surface area contributed by atoms with E-state index in [1.54, 1.807) is 0 Å². The average molecular weight is 231 g/mol. The molecule has 0 radical (unpaired) electrons. The molecule has 1 rings (SSSR count). The van der Waals surface area contributed by atoms with Crippen molar-refractivity contribution in [3.05, 3.63) is 42.0 Å². The number of nitrogens with zero attached hydrogens (tertiary/aromatic N) is 1. The van der Waals surface area contributed by atoms with E-state index in [0.717, 1.165) is 13.0 Å². The summed E-state index contributed by atoms with van der Waals surface area (Å²) in [6.45, 7) is 14.0. The summed E-state index contributed by atoms with van der Waals surface area (Å²) in [6.07, 6.45) is 3.02. The molecule has 17 heavy (non-hydrogen) atoms. The predicted molar refractivity (Wildman–Crippen MR) is 77.2 cm³/mol. The lowest BCUT2D eigenvalue weighted by Gasteiger charge is -2.30. The maximum Gasteiger partial charge on any atom is 0.00414 e. The Bertz CT molecular complexity index is 344. The fourth-order valence-electron chi connectivity index (χ4n) is 2.25. The molecule has 0 atom stereocenters. The monoisotopic (exact) mass is 231 g/mol. The highest BCUT2D eigenvalue weighted by Crippen LogP contribution is 2.10. The molecule has 0 aliphatic rings. The third-order valence-electron chi connectivity index (χ3n) is 3.17. The zero-order valence-electron chi connectivity index (χ0n) is 11.6. The average Bonchev–Trinajstić information content (AvgIpc) is 2.28. The summed E-state index contributed by atoms with van der Waals surface area (Å²) in [6, 6.07) is 9.85. The summed E-state index contributed by atoms with van der Waals surface area (Å²) in [5, 5.41) is 0. The molecule has 94 valence electrons. The quantitative estimate of drug-likeness (QED) is 0.715. The van der Waals surface area contributed by atoms with Crippen LogP contribution in [0.25, 0.3) is 6.08 Å². The highest BCUT2D eigenvalue weighted by molar-refractivity contribution is 5.47. The Balaban J connectivity index is 2.62. The Hall–Kier alpha value is -1.08. The number of rotatable bonds is 6. The second-order valence-corrected chi connectivity index (χ2v) is 5.12. The number of hydrogen-bond donors (Lipinski definition) is 0. The molecule has 0 aromatic heterocycles. The summed E-state index contributed by atoms with van der Waals surface area (Å²) >= 11 is 0. The molecule has 0 saturated carbocycles. The third kappa shape index (κ3) is 4.35. The minimum atomic E-state index is 0.609. The highest BCUT2D eigenvalue weighted by Gasteiger charge is 2.12. The Morgan fingerprint density at radius 3 is 2.35 bits per heavy atom. The Morgan fingerprint density at radius 1 is 1.18 bits per heavy atom. The summed E-state index contributed by atoms with van der Waals surface area (Å²) in [5.41, 5.74) is 2.61. The molecule has 0 unspecified atom stereocenters. The van der Waals surface area contributed by atoms with Gasteiger partial charge in [-0.2, -0.15) is 0 Å². The van der Waals surface area contributed by atoms with Crippen LogP contribution in [0.5, 0.6) is 0 Å². The second-order valence-electron chi connectivity index (χ2n) is 5.12. The van der Waals surface area contributed by atoms with Gasteiger partial charge in [-0.3, -0.25) is 4.90 Å². The summed E-state index contributed by atoms with van der Waals surface area (Å²) in [4.78, 5) is 2.53. The largest absolute Gasteiger partial charge is 0.298 e. The van der Waals surface area contributed by atoms with E-state index in [2.05, 4.69) is 63.4 Å². The van der Waals surface area contributed by atoms with Crippen LogP contribution in [0.15, 0.2) is 30.8 Å². The van der Waals surface area contributed by atoms with Crippen molar-refractivity contribution in [2.24, 2.45) is 0 Å².